The van der Waals surface area contributed by atoms with Gasteiger partial charge in [-0.05, 0) is 51.3 Å². The minimum Gasteiger partial charge on any atom is -0.274 e. The maximum atomic E-state index is 13.8. The second-order valence-electron chi connectivity index (χ2n) is 9.65. The lowest BCUT2D eigenvalue weighted by Gasteiger charge is -2.38. The van der Waals surface area contributed by atoms with Crippen molar-refractivity contribution in [3.05, 3.63) is 64.7 Å². The van der Waals surface area contributed by atoms with E-state index in [0.717, 1.165) is 22.3 Å². The number of fused-ring (bicyclic) bond motifs is 3. The Balaban J connectivity index is 1.68. The lowest BCUT2D eigenvalue weighted by molar-refractivity contribution is -0.146. The van der Waals surface area contributed by atoms with Crippen LogP contribution in [0.25, 0.3) is 0 Å². The third kappa shape index (κ3) is 2.64. The van der Waals surface area contributed by atoms with Crippen LogP contribution < -0.4 is 4.90 Å². The second kappa shape index (κ2) is 6.50. The molecule has 3 heterocycles. The first-order chi connectivity index (χ1) is 14.6. The number of anilines is 1. The van der Waals surface area contributed by atoms with E-state index < -0.39 is 17.5 Å². The van der Waals surface area contributed by atoms with Gasteiger partial charge < -0.3 is 0 Å². The van der Waals surface area contributed by atoms with Crippen molar-refractivity contribution >= 4 is 23.4 Å². The molecule has 3 amide bonds. The molecule has 0 unspecified atom stereocenters. The number of hydrogen-bond acceptors (Lipinski definition) is 4. The van der Waals surface area contributed by atoms with E-state index in [-0.39, 0.29) is 23.8 Å². The lowest BCUT2D eigenvalue weighted by atomic mass is 9.86. The maximum Gasteiger partial charge on any atom is 0.259 e. The molecule has 0 aliphatic carbocycles. The molecule has 6 heteroatoms. The van der Waals surface area contributed by atoms with Crippen LogP contribution in [0, 0.1) is 26.7 Å². The molecular weight excluding hydrogens is 390 g/mol. The number of nitrogens with zero attached hydrogens (tertiary/aromatic N) is 3. The zero-order valence-corrected chi connectivity index (χ0v) is 18.5. The SMILES string of the molecule is Cc1ccc([C@H]2[C@@H]3C(=O)N(c4c(C)cccc4C)C(=O)[C@@H]3N3C(=O)CC(C)(C)N23)cc1. The summed E-state index contributed by atoms with van der Waals surface area (Å²) in [6.07, 6.45) is 0.323. The number of imide groups is 1. The number of benzene rings is 2. The molecule has 3 aliphatic rings. The van der Waals surface area contributed by atoms with Crippen LogP contribution in [-0.2, 0) is 14.4 Å². The van der Waals surface area contributed by atoms with Crippen molar-refractivity contribution in [2.75, 3.05) is 4.90 Å². The van der Waals surface area contributed by atoms with E-state index in [1.165, 1.54) is 4.90 Å². The average molecular weight is 418 g/mol. The van der Waals surface area contributed by atoms with Crippen molar-refractivity contribution in [1.29, 1.82) is 0 Å². The molecule has 3 saturated heterocycles. The summed E-state index contributed by atoms with van der Waals surface area (Å²) in [5.74, 6) is -1.26. The molecule has 31 heavy (non-hydrogen) atoms. The minimum atomic E-state index is -0.799. The Labute approximate surface area is 182 Å². The van der Waals surface area contributed by atoms with E-state index in [4.69, 9.17) is 0 Å². The quantitative estimate of drug-likeness (QED) is 0.703. The molecule has 2 aromatic carbocycles. The van der Waals surface area contributed by atoms with Gasteiger partial charge in [0.05, 0.1) is 17.6 Å². The van der Waals surface area contributed by atoms with Crippen molar-refractivity contribution in [1.82, 2.24) is 10.0 Å². The summed E-state index contributed by atoms with van der Waals surface area (Å²) in [5, 5.41) is 3.58. The molecule has 0 aromatic heterocycles. The third-order valence-corrected chi connectivity index (χ3v) is 6.96. The number of rotatable bonds is 2. The van der Waals surface area contributed by atoms with Crippen LogP contribution in [-0.4, -0.2) is 39.3 Å². The summed E-state index contributed by atoms with van der Waals surface area (Å²) in [5.41, 5.74) is 4.00. The molecule has 3 fully saturated rings. The summed E-state index contributed by atoms with van der Waals surface area (Å²) in [7, 11) is 0. The Bertz CT molecular complexity index is 1100. The van der Waals surface area contributed by atoms with Crippen molar-refractivity contribution in [3.8, 4) is 0 Å². The van der Waals surface area contributed by atoms with Crippen LogP contribution in [0.5, 0.6) is 0 Å². The molecule has 0 saturated carbocycles. The van der Waals surface area contributed by atoms with E-state index in [1.807, 2.05) is 82.1 Å². The standard InChI is InChI=1S/C25H27N3O3/c1-14-9-11-17(12-10-14)21-19-22(27-18(29)13-25(4,5)28(21)27)24(31)26(23(19)30)20-15(2)7-6-8-16(20)3/h6-12,19,21-22H,13H2,1-5H3/t19-,21-,22+/m0/s1. The molecule has 3 atom stereocenters. The number of carbonyl (C=O) groups excluding carboxylic acids is 3. The van der Waals surface area contributed by atoms with Gasteiger partial charge in [0.1, 0.15) is 6.04 Å². The zero-order chi connectivity index (χ0) is 22.2. The average Bonchev–Trinajstić information content (AvgIpc) is 3.26. The Morgan fingerprint density at radius 1 is 0.839 bits per heavy atom. The monoisotopic (exact) mass is 417 g/mol. The van der Waals surface area contributed by atoms with Gasteiger partial charge in [-0.3, -0.25) is 19.4 Å². The van der Waals surface area contributed by atoms with Crippen LogP contribution in [0.3, 0.4) is 0 Å². The summed E-state index contributed by atoms with van der Waals surface area (Å²) in [4.78, 5) is 42.0. The van der Waals surface area contributed by atoms with Gasteiger partial charge in [0.25, 0.3) is 5.91 Å². The van der Waals surface area contributed by atoms with Crippen molar-refractivity contribution in [2.45, 2.75) is 58.7 Å². The normalized spacial score (nSPS) is 27.3. The number of carbonyl (C=O) groups is 3. The molecule has 3 aliphatic heterocycles. The molecular formula is C25H27N3O3. The fourth-order valence-corrected chi connectivity index (χ4v) is 5.63. The van der Waals surface area contributed by atoms with E-state index in [0.29, 0.717) is 12.1 Å². The van der Waals surface area contributed by atoms with Gasteiger partial charge in [0.2, 0.25) is 11.8 Å². The first-order valence-electron chi connectivity index (χ1n) is 10.8. The highest BCUT2D eigenvalue weighted by molar-refractivity contribution is 6.25. The van der Waals surface area contributed by atoms with Gasteiger partial charge in [-0.2, -0.15) is 0 Å². The molecule has 0 N–H and O–H groups in total. The molecule has 160 valence electrons. The van der Waals surface area contributed by atoms with Crippen LogP contribution in [0.4, 0.5) is 5.69 Å². The smallest absolute Gasteiger partial charge is 0.259 e. The van der Waals surface area contributed by atoms with Crippen molar-refractivity contribution in [2.24, 2.45) is 5.92 Å². The molecule has 2 aromatic rings. The van der Waals surface area contributed by atoms with Gasteiger partial charge >= 0.3 is 0 Å². The molecule has 5 rings (SSSR count). The van der Waals surface area contributed by atoms with Crippen molar-refractivity contribution in [3.63, 3.8) is 0 Å². The summed E-state index contributed by atoms with van der Waals surface area (Å²) >= 11 is 0. The third-order valence-electron chi connectivity index (χ3n) is 6.96. The Morgan fingerprint density at radius 3 is 2.06 bits per heavy atom. The van der Waals surface area contributed by atoms with E-state index in [1.54, 1.807) is 5.01 Å². The first-order valence-corrected chi connectivity index (χ1v) is 10.8. The molecule has 6 nitrogen and oxygen atoms in total. The van der Waals surface area contributed by atoms with Crippen molar-refractivity contribution < 1.29 is 14.4 Å². The summed E-state index contributed by atoms with van der Waals surface area (Å²) in [6, 6.07) is 12.6. The predicted molar refractivity (Wildman–Crippen MR) is 117 cm³/mol. The van der Waals surface area contributed by atoms with Crippen LogP contribution in [0.1, 0.15) is 48.6 Å². The zero-order valence-electron chi connectivity index (χ0n) is 18.5. The fourth-order valence-electron chi connectivity index (χ4n) is 5.63. The van der Waals surface area contributed by atoms with Gasteiger partial charge in [-0.15, -0.1) is 0 Å². The number of para-hydroxylation sites is 1. The fraction of sp³-hybridized carbons (Fsp3) is 0.400. The first kappa shape index (κ1) is 19.9. The number of hydrogen-bond donors (Lipinski definition) is 0. The molecule has 0 bridgehead atoms. The number of amides is 3. The Hall–Kier alpha value is -2.99. The van der Waals surface area contributed by atoms with E-state index in [2.05, 4.69) is 0 Å². The van der Waals surface area contributed by atoms with Gasteiger partial charge in [-0.1, -0.05) is 48.0 Å². The summed E-state index contributed by atoms with van der Waals surface area (Å²) in [6.45, 7) is 9.84. The highest BCUT2D eigenvalue weighted by atomic mass is 16.2. The highest BCUT2D eigenvalue weighted by Crippen LogP contribution is 2.54. The summed E-state index contributed by atoms with van der Waals surface area (Å²) < 4.78 is 0. The largest absolute Gasteiger partial charge is 0.274 e. The van der Waals surface area contributed by atoms with Crippen LogP contribution in [0.15, 0.2) is 42.5 Å². The number of hydrazine groups is 1. The van der Waals surface area contributed by atoms with Gasteiger partial charge in [-0.25, -0.2) is 9.91 Å². The van der Waals surface area contributed by atoms with Crippen LogP contribution >= 0.6 is 0 Å². The van der Waals surface area contributed by atoms with Crippen LogP contribution in [0.2, 0.25) is 0 Å². The number of aryl methyl sites for hydroxylation is 3. The Morgan fingerprint density at radius 2 is 1.45 bits per heavy atom. The molecule has 0 radical (unpaired) electrons. The lowest BCUT2D eigenvalue weighted by Crippen LogP contribution is -2.50. The van der Waals surface area contributed by atoms with Gasteiger partial charge in [0.15, 0.2) is 0 Å². The maximum absolute atomic E-state index is 13.8. The predicted octanol–water partition coefficient (Wildman–Crippen LogP) is 3.45. The highest BCUT2D eigenvalue weighted by Gasteiger charge is 2.68. The van der Waals surface area contributed by atoms with E-state index in [9.17, 15) is 14.4 Å². The second-order valence-corrected chi connectivity index (χ2v) is 9.65. The molecule has 0 spiro atoms. The van der Waals surface area contributed by atoms with Gasteiger partial charge in [0, 0.05) is 12.0 Å². The topological polar surface area (TPSA) is 60.9 Å². The minimum absolute atomic E-state index is 0.0980. The Kier molecular flexibility index (Phi) is 4.18. The van der Waals surface area contributed by atoms with E-state index >= 15 is 0 Å².